The molecule has 3 aromatic carbocycles. The number of benzene rings is 3. The fourth-order valence-corrected chi connectivity index (χ4v) is 4.61. The van der Waals surface area contributed by atoms with Gasteiger partial charge in [-0.25, -0.2) is 4.98 Å². The molecule has 0 saturated carbocycles. The van der Waals surface area contributed by atoms with Gasteiger partial charge in [0.2, 0.25) is 0 Å². The number of thiophene rings is 1. The number of fused-ring (bicyclic) bond motifs is 1. The lowest BCUT2D eigenvalue weighted by atomic mass is 10.0. The Kier molecular flexibility index (Phi) is 3.88. The molecule has 0 N–H and O–H groups in total. The van der Waals surface area contributed by atoms with E-state index in [9.17, 15) is 0 Å². The fourth-order valence-electron chi connectivity index (χ4n) is 3.58. The first-order valence-electron chi connectivity index (χ1n) is 8.99. The predicted molar refractivity (Wildman–Crippen MR) is 115 cm³/mol. The maximum Gasteiger partial charge on any atom is 0.100 e. The van der Waals surface area contributed by atoms with E-state index < -0.39 is 0 Å². The van der Waals surface area contributed by atoms with Gasteiger partial charge in [-0.2, -0.15) is 0 Å². The van der Waals surface area contributed by atoms with Crippen LogP contribution in [0.1, 0.15) is 4.88 Å². The fraction of sp³-hybridized carbons (Fsp3) is 0.0417. The number of hydrogen-bond donors (Lipinski definition) is 0. The third-order valence-corrected chi connectivity index (χ3v) is 5.87. The van der Waals surface area contributed by atoms with Gasteiger partial charge in [-0.1, -0.05) is 66.7 Å². The number of para-hydroxylation sites is 1. The quantitative estimate of drug-likeness (QED) is 0.346. The molecule has 0 fully saturated rings. The highest BCUT2D eigenvalue weighted by molar-refractivity contribution is 7.19. The molecule has 0 radical (unpaired) electrons. The van der Waals surface area contributed by atoms with Crippen molar-refractivity contribution in [3.63, 3.8) is 0 Å². The molecule has 130 valence electrons. The zero-order valence-electron chi connectivity index (χ0n) is 15.0. The van der Waals surface area contributed by atoms with Crippen molar-refractivity contribution in [3.8, 4) is 28.2 Å². The van der Waals surface area contributed by atoms with Gasteiger partial charge in [-0.05, 0) is 30.5 Å². The number of nitrogens with zero attached hydrogens (tertiary/aromatic N) is 2. The van der Waals surface area contributed by atoms with E-state index in [4.69, 9.17) is 4.98 Å². The van der Waals surface area contributed by atoms with Crippen LogP contribution in [0.15, 0.2) is 91.3 Å². The SMILES string of the molecule is Cc1cc2cccc(-c3ncn(-c4ccccc4)c3-c3ccccc3)c2s1. The lowest BCUT2D eigenvalue weighted by molar-refractivity contribution is 1.06. The summed E-state index contributed by atoms with van der Waals surface area (Å²) >= 11 is 1.83. The minimum atomic E-state index is 1.03. The van der Waals surface area contributed by atoms with Crippen molar-refractivity contribution in [1.29, 1.82) is 0 Å². The molecular formula is C24H18N2S. The normalized spacial score (nSPS) is 11.1. The number of aromatic nitrogens is 2. The molecule has 0 aliphatic carbocycles. The Morgan fingerprint density at radius 3 is 2.33 bits per heavy atom. The Morgan fingerprint density at radius 2 is 1.56 bits per heavy atom. The molecule has 5 aromatic rings. The van der Waals surface area contributed by atoms with Gasteiger partial charge in [0, 0.05) is 26.4 Å². The Labute approximate surface area is 162 Å². The summed E-state index contributed by atoms with van der Waals surface area (Å²) in [5.74, 6) is 0. The minimum absolute atomic E-state index is 1.03. The zero-order chi connectivity index (χ0) is 18.2. The van der Waals surface area contributed by atoms with Crippen LogP contribution in [0.3, 0.4) is 0 Å². The van der Waals surface area contributed by atoms with Crippen LogP contribution >= 0.6 is 11.3 Å². The van der Waals surface area contributed by atoms with Crippen LogP contribution in [0.25, 0.3) is 38.3 Å². The maximum atomic E-state index is 4.87. The molecule has 0 bridgehead atoms. The van der Waals surface area contributed by atoms with E-state index in [2.05, 4.69) is 90.4 Å². The Bertz CT molecular complexity index is 1220. The highest BCUT2D eigenvalue weighted by Crippen LogP contribution is 2.39. The average Bonchev–Trinajstić information content (AvgIpc) is 3.32. The van der Waals surface area contributed by atoms with E-state index in [0.717, 1.165) is 17.1 Å². The number of imidazole rings is 1. The van der Waals surface area contributed by atoms with Crippen molar-refractivity contribution < 1.29 is 0 Å². The first kappa shape index (κ1) is 16.0. The summed E-state index contributed by atoms with van der Waals surface area (Å²) in [6, 6.07) is 29.7. The summed E-state index contributed by atoms with van der Waals surface area (Å²) in [7, 11) is 0. The third kappa shape index (κ3) is 2.77. The lowest BCUT2D eigenvalue weighted by Gasteiger charge is -2.11. The molecule has 2 heterocycles. The van der Waals surface area contributed by atoms with Crippen LogP contribution in [0, 0.1) is 6.92 Å². The molecule has 0 aliphatic heterocycles. The van der Waals surface area contributed by atoms with E-state index in [0.29, 0.717) is 0 Å². The minimum Gasteiger partial charge on any atom is -0.298 e. The largest absolute Gasteiger partial charge is 0.298 e. The van der Waals surface area contributed by atoms with E-state index in [1.54, 1.807) is 0 Å². The smallest absolute Gasteiger partial charge is 0.100 e. The second-order valence-corrected chi connectivity index (χ2v) is 7.85. The topological polar surface area (TPSA) is 17.8 Å². The molecule has 0 atom stereocenters. The third-order valence-electron chi connectivity index (χ3n) is 4.77. The lowest BCUT2D eigenvalue weighted by Crippen LogP contribution is -1.95. The van der Waals surface area contributed by atoms with Gasteiger partial charge in [-0.3, -0.25) is 4.57 Å². The van der Waals surface area contributed by atoms with Gasteiger partial charge in [0.1, 0.15) is 6.33 Å². The van der Waals surface area contributed by atoms with Gasteiger partial charge >= 0.3 is 0 Å². The van der Waals surface area contributed by atoms with Crippen molar-refractivity contribution in [2.24, 2.45) is 0 Å². The maximum absolute atomic E-state index is 4.87. The second kappa shape index (κ2) is 6.53. The average molecular weight is 366 g/mol. The molecule has 2 nitrogen and oxygen atoms in total. The van der Waals surface area contributed by atoms with Crippen LogP contribution in [0.5, 0.6) is 0 Å². The van der Waals surface area contributed by atoms with Gasteiger partial charge in [0.25, 0.3) is 0 Å². The van der Waals surface area contributed by atoms with Crippen molar-refractivity contribution in [1.82, 2.24) is 9.55 Å². The molecule has 0 unspecified atom stereocenters. The van der Waals surface area contributed by atoms with Crippen LogP contribution < -0.4 is 0 Å². The van der Waals surface area contributed by atoms with Crippen molar-refractivity contribution in [3.05, 3.63) is 96.1 Å². The molecule has 3 heteroatoms. The highest BCUT2D eigenvalue weighted by Gasteiger charge is 2.18. The van der Waals surface area contributed by atoms with Gasteiger partial charge in [0.05, 0.1) is 11.4 Å². The van der Waals surface area contributed by atoms with E-state index in [-0.39, 0.29) is 0 Å². The Hall–Kier alpha value is -3.17. The van der Waals surface area contributed by atoms with Gasteiger partial charge in [-0.15, -0.1) is 11.3 Å². The monoisotopic (exact) mass is 366 g/mol. The molecular weight excluding hydrogens is 348 g/mol. The Morgan fingerprint density at radius 1 is 0.815 bits per heavy atom. The van der Waals surface area contributed by atoms with Crippen LogP contribution in [0.2, 0.25) is 0 Å². The molecule has 0 amide bonds. The standard InChI is InChI=1S/C24H18N2S/c1-17-15-19-11-8-14-21(24(19)27-17)22-23(18-9-4-2-5-10-18)26(16-25-22)20-12-6-3-7-13-20/h2-16H,1H3. The number of rotatable bonds is 3. The van der Waals surface area contributed by atoms with Gasteiger partial charge in [0.15, 0.2) is 0 Å². The Balaban J connectivity index is 1.82. The summed E-state index contributed by atoms with van der Waals surface area (Å²) < 4.78 is 3.48. The summed E-state index contributed by atoms with van der Waals surface area (Å²) in [5.41, 5.74) is 5.63. The number of aryl methyl sites for hydroxylation is 1. The molecule has 0 aliphatic rings. The molecule has 5 rings (SSSR count). The first-order chi connectivity index (χ1) is 13.3. The summed E-state index contributed by atoms with van der Waals surface area (Å²) in [6.45, 7) is 2.16. The van der Waals surface area contributed by atoms with Crippen LogP contribution in [-0.2, 0) is 0 Å². The van der Waals surface area contributed by atoms with E-state index in [1.165, 1.54) is 26.1 Å². The van der Waals surface area contributed by atoms with Crippen molar-refractivity contribution >= 4 is 21.4 Å². The van der Waals surface area contributed by atoms with E-state index >= 15 is 0 Å². The van der Waals surface area contributed by atoms with E-state index in [1.807, 2.05) is 23.7 Å². The summed E-state index contributed by atoms with van der Waals surface area (Å²) in [5, 5.41) is 1.28. The molecule has 2 aromatic heterocycles. The van der Waals surface area contributed by atoms with Crippen LogP contribution in [-0.4, -0.2) is 9.55 Å². The summed E-state index contributed by atoms with van der Waals surface area (Å²) in [4.78, 5) is 6.19. The second-order valence-electron chi connectivity index (χ2n) is 6.59. The van der Waals surface area contributed by atoms with Crippen molar-refractivity contribution in [2.75, 3.05) is 0 Å². The molecule has 0 saturated heterocycles. The van der Waals surface area contributed by atoms with Crippen LogP contribution in [0.4, 0.5) is 0 Å². The van der Waals surface area contributed by atoms with Crippen molar-refractivity contribution in [2.45, 2.75) is 6.92 Å². The highest BCUT2D eigenvalue weighted by atomic mass is 32.1. The molecule has 0 spiro atoms. The first-order valence-corrected chi connectivity index (χ1v) is 9.80. The number of hydrogen-bond acceptors (Lipinski definition) is 2. The predicted octanol–water partition coefficient (Wildman–Crippen LogP) is 6.73. The van der Waals surface area contributed by atoms with Gasteiger partial charge < -0.3 is 0 Å². The zero-order valence-corrected chi connectivity index (χ0v) is 15.8. The summed E-state index contributed by atoms with van der Waals surface area (Å²) in [6.07, 6.45) is 1.94. The molecule has 27 heavy (non-hydrogen) atoms.